The quantitative estimate of drug-likeness (QED) is 0.386. The Hall–Kier alpha value is -1.08. The molecule has 0 fully saturated rings. The van der Waals surface area contributed by atoms with Crippen LogP contribution >= 0.6 is 27.3 Å². The number of hydrogen-bond donors (Lipinski definition) is 2. The van der Waals surface area contributed by atoms with Gasteiger partial charge in [0.25, 0.3) is 5.91 Å². The van der Waals surface area contributed by atoms with Gasteiger partial charge in [0, 0.05) is 10.5 Å². The van der Waals surface area contributed by atoms with Crippen molar-refractivity contribution < 1.29 is 10.0 Å². The van der Waals surface area contributed by atoms with Crippen molar-refractivity contribution in [2.45, 2.75) is 19.9 Å². The van der Waals surface area contributed by atoms with Crippen LogP contribution in [0.25, 0.3) is 0 Å². The lowest BCUT2D eigenvalue weighted by molar-refractivity contribution is 0.0738. The number of carbonyl (C=O) groups excluding carboxylic acids is 1. The third-order valence-electron chi connectivity index (χ3n) is 2.16. The van der Waals surface area contributed by atoms with E-state index in [4.69, 9.17) is 10.9 Å². The largest absolute Gasteiger partial charge is 0.409 e. The molecule has 0 aliphatic heterocycles. The van der Waals surface area contributed by atoms with Crippen LogP contribution in [-0.4, -0.2) is 34.4 Å². The minimum atomic E-state index is -0.131. The first kappa shape index (κ1) is 14.0. The molecule has 7 heteroatoms. The number of nitrogens with zero attached hydrogens (tertiary/aromatic N) is 2. The molecule has 3 N–H and O–H groups in total. The minimum Gasteiger partial charge on any atom is -0.409 e. The van der Waals surface area contributed by atoms with Crippen molar-refractivity contribution in [3.63, 3.8) is 0 Å². The number of amidine groups is 1. The molecular formula is C10H14BrN3O2S. The van der Waals surface area contributed by atoms with Gasteiger partial charge in [-0.2, -0.15) is 0 Å². The van der Waals surface area contributed by atoms with Crippen LogP contribution in [0, 0.1) is 0 Å². The number of amides is 1. The smallest absolute Gasteiger partial charge is 0.265 e. The molecule has 1 amide bonds. The molecule has 0 radical (unpaired) electrons. The maximum Gasteiger partial charge on any atom is 0.265 e. The number of carbonyl (C=O) groups is 1. The van der Waals surface area contributed by atoms with Gasteiger partial charge in [0.15, 0.2) is 5.84 Å². The maximum atomic E-state index is 12.2. The van der Waals surface area contributed by atoms with E-state index >= 15 is 0 Å². The molecule has 1 aromatic heterocycles. The highest BCUT2D eigenvalue weighted by atomic mass is 79.9. The Morgan fingerprint density at radius 3 is 2.76 bits per heavy atom. The molecule has 94 valence electrons. The normalized spacial score (nSPS) is 11.9. The SMILES string of the molecule is CC(C)N(CC(N)=NO)C(=O)c1sccc1Br. The zero-order valence-corrected chi connectivity index (χ0v) is 12.0. The summed E-state index contributed by atoms with van der Waals surface area (Å²) in [6, 6.07) is 1.79. The van der Waals surface area contributed by atoms with Crippen molar-refractivity contribution >= 4 is 39.0 Å². The van der Waals surface area contributed by atoms with Crippen molar-refractivity contribution in [2.75, 3.05) is 6.54 Å². The Balaban J connectivity index is 2.93. The Labute approximate surface area is 112 Å². The van der Waals surface area contributed by atoms with E-state index in [9.17, 15) is 4.79 Å². The topological polar surface area (TPSA) is 78.9 Å². The molecule has 0 saturated heterocycles. The van der Waals surface area contributed by atoms with E-state index in [1.807, 2.05) is 25.3 Å². The van der Waals surface area contributed by atoms with Crippen LogP contribution in [-0.2, 0) is 0 Å². The molecule has 1 aromatic rings. The summed E-state index contributed by atoms with van der Waals surface area (Å²) in [5, 5.41) is 13.3. The van der Waals surface area contributed by atoms with E-state index in [1.165, 1.54) is 11.3 Å². The number of halogens is 1. The van der Waals surface area contributed by atoms with Crippen LogP contribution in [0.3, 0.4) is 0 Å². The molecule has 0 aromatic carbocycles. The molecule has 0 saturated carbocycles. The summed E-state index contributed by atoms with van der Waals surface area (Å²) in [5.41, 5.74) is 5.44. The first-order valence-electron chi connectivity index (χ1n) is 4.97. The molecule has 5 nitrogen and oxygen atoms in total. The summed E-state index contributed by atoms with van der Waals surface area (Å²) in [6.07, 6.45) is 0. The highest BCUT2D eigenvalue weighted by Crippen LogP contribution is 2.24. The molecular weight excluding hydrogens is 306 g/mol. The van der Waals surface area contributed by atoms with Crippen molar-refractivity contribution in [1.29, 1.82) is 0 Å². The number of oxime groups is 1. The molecule has 0 spiro atoms. The average Bonchev–Trinajstić information content (AvgIpc) is 2.70. The van der Waals surface area contributed by atoms with Crippen LogP contribution < -0.4 is 5.73 Å². The fourth-order valence-corrected chi connectivity index (χ4v) is 2.77. The Morgan fingerprint density at radius 2 is 2.35 bits per heavy atom. The fourth-order valence-electron chi connectivity index (χ4n) is 1.27. The molecule has 17 heavy (non-hydrogen) atoms. The lowest BCUT2D eigenvalue weighted by Crippen LogP contribution is -2.42. The monoisotopic (exact) mass is 319 g/mol. The van der Waals surface area contributed by atoms with E-state index in [0.29, 0.717) is 4.88 Å². The van der Waals surface area contributed by atoms with Crippen molar-refractivity contribution in [1.82, 2.24) is 4.90 Å². The first-order valence-corrected chi connectivity index (χ1v) is 6.65. The number of rotatable bonds is 4. The van der Waals surface area contributed by atoms with Crippen LogP contribution in [0.4, 0.5) is 0 Å². The second kappa shape index (κ2) is 6.02. The average molecular weight is 320 g/mol. The minimum absolute atomic E-state index is 0.0136. The van der Waals surface area contributed by atoms with E-state index in [-0.39, 0.29) is 24.3 Å². The molecule has 0 bridgehead atoms. The van der Waals surface area contributed by atoms with Crippen molar-refractivity contribution in [3.05, 3.63) is 20.8 Å². The van der Waals surface area contributed by atoms with Gasteiger partial charge < -0.3 is 15.8 Å². The van der Waals surface area contributed by atoms with E-state index in [2.05, 4.69) is 21.1 Å². The molecule has 0 aliphatic rings. The van der Waals surface area contributed by atoms with Gasteiger partial charge >= 0.3 is 0 Å². The van der Waals surface area contributed by atoms with Gasteiger partial charge in [-0.15, -0.1) is 11.3 Å². The summed E-state index contributed by atoms with van der Waals surface area (Å²) < 4.78 is 0.762. The van der Waals surface area contributed by atoms with Crippen molar-refractivity contribution in [3.8, 4) is 0 Å². The predicted molar refractivity (Wildman–Crippen MR) is 71.6 cm³/mol. The molecule has 1 heterocycles. The van der Waals surface area contributed by atoms with Gasteiger partial charge in [0.2, 0.25) is 0 Å². The van der Waals surface area contributed by atoms with Gasteiger partial charge in [-0.25, -0.2) is 0 Å². The van der Waals surface area contributed by atoms with Crippen LogP contribution in [0.5, 0.6) is 0 Å². The molecule has 0 aliphatic carbocycles. The summed E-state index contributed by atoms with van der Waals surface area (Å²) in [5.74, 6) is -0.117. The lowest BCUT2D eigenvalue weighted by atomic mass is 10.3. The van der Waals surface area contributed by atoms with Crippen LogP contribution in [0.15, 0.2) is 21.1 Å². The van der Waals surface area contributed by atoms with Gasteiger partial charge in [-0.3, -0.25) is 4.79 Å². The highest BCUT2D eigenvalue weighted by molar-refractivity contribution is 9.10. The number of hydrogen-bond acceptors (Lipinski definition) is 4. The second-order valence-corrected chi connectivity index (χ2v) is 5.49. The molecule has 0 atom stereocenters. The molecule has 0 unspecified atom stereocenters. The zero-order valence-electron chi connectivity index (χ0n) is 9.55. The van der Waals surface area contributed by atoms with Crippen molar-refractivity contribution in [2.24, 2.45) is 10.9 Å². The van der Waals surface area contributed by atoms with Gasteiger partial charge in [-0.1, -0.05) is 5.16 Å². The van der Waals surface area contributed by atoms with E-state index < -0.39 is 0 Å². The van der Waals surface area contributed by atoms with E-state index in [0.717, 1.165) is 4.47 Å². The Kier molecular flexibility index (Phi) is 4.95. The lowest BCUT2D eigenvalue weighted by Gasteiger charge is -2.25. The summed E-state index contributed by atoms with van der Waals surface area (Å²) in [4.78, 5) is 14.4. The standard InChI is InChI=1S/C10H14BrN3O2S/c1-6(2)14(5-8(12)13-16)10(15)9-7(11)3-4-17-9/h3-4,6,16H,5H2,1-2H3,(H2,12,13). The van der Waals surface area contributed by atoms with Gasteiger partial charge in [-0.05, 0) is 41.2 Å². The van der Waals surface area contributed by atoms with E-state index in [1.54, 1.807) is 4.90 Å². The van der Waals surface area contributed by atoms with Crippen LogP contribution in [0.1, 0.15) is 23.5 Å². The highest BCUT2D eigenvalue weighted by Gasteiger charge is 2.22. The second-order valence-electron chi connectivity index (χ2n) is 3.72. The molecule has 1 rings (SSSR count). The zero-order chi connectivity index (χ0) is 13.0. The maximum absolute atomic E-state index is 12.2. The Bertz CT molecular complexity index is 431. The summed E-state index contributed by atoms with van der Waals surface area (Å²) in [6.45, 7) is 3.87. The van der Waals surface area contributed by atoms with Crippen LogP contribution in [0.2, 0.25) is 0 Å². The number of nitrogens with two attached hydrogens (primary N) is 1. The van der Waals surface area contributed by atoms with Gasteiger partial charge in [0.1, 0.15) is 4.88 Å². The van der Waals surface area contributed by atoms with Gasteiger partial charge in [0.05, 0.1) is 6.54 Å². The fraction of sp³-hybridized carbons (Fsp3) is 0.400. The predicted octanol–water partition coefficient (Wildman–Crippen LogP) is 2.11. The summed E-state index contributed by atoms with van der Waals surface area (Å²) >= 11 is 4.68. The third kappa shape index (κ3) is 3.44. The third-order valence-corrected chi connectivity index (χ3v) is 3.98. The number of thiophene rings is 1. The Morgan fingerprint density at radius 1 is 1.71 bits per heavy atom. The first-order chi connectivity index (χ1) is 7.97. The summed E-state index contributed by atoms with van der Waals surface area (Å²) in [7, 11) is 0.